The minimum Gasteiger partial charge on any atom is -0.338 e. The Morgan fingerprint density at radius 1 is 1.06 bits per heavy atom. The number of hydrogen-bond donors (Lipinski definition) is 0. The number of amides is 1. The highest BCUT2D eigenvalue weighted by Gasteiger charge is 2.26. The van der Waals surface area contributed by atoms with E-state index in [0.717, 1.165) is 42.0 Å². The number of carbonyl (C=O) groups is 1. The zero-order valence-electron chi connectivity index (χ0n) is 19.2. The van der Waals surface area contributed by atoms with Crippen molar-refractivity contribution in [2.45, 2.75) is 52.0 Å². The van der Waals surface area contributed by atoms with Crippen molar-refractivity contribution in [1.29, 1.82) is 0 Å². The molecule has 33 heavy (non-hydrogen) atoms. The first-order valence-corrected chi connectivity index (χ1v) is 12.9. The molecule has 0 atom stereocenters. The van der Waals surface area contributed by atoms with Gasteiger partial charge < -0.3 is 4.90 Å². The van der Waals surface area contributed by atoms with Gasteiger partial charge in [-0.2, -0.15) is 0 Å². The Morgan fingerprint density at radius 2 is 1.82 bits per heavy atom. The van der Waals surface area contributed by atoms with Crippen LogP contribution in [-0.2, 0) is 17.8 Å². The van der Waals surface area contributed by atoms with Crippen LogP contribution < -0.4 is 0 Å². The van der Waals surface area contributed by atoms with E-state index in [9.17, 15) is 4.79 Å². The lowest BCUT2D eigenvalue weighted by Crippen LogP contribution is -2.38. The second-order valence-electron chi connectivity index (χ2n) is 9.20. The lowest BCUT2D eigenvalue weighted by atomic mass is 9.88. The number of carbonyl (C=O) groups excluding carboxylic acids is 1. The molecule has 1 fully saturated rings. The molecule has 1 aliphatic carbocycles. The molecule has 4 nitrogen and oxygen atoms in total. The maximum Gasteiger partial charge on any atom is 0.225 e. The zero-order chi connectivity index (χ0) is 22.6. The third-order valence-electron chi connectivity index (χ3n) is 6.75. The highest BCUT2D eigenvalue weighted by molar-refractivity contribution is 7.15. The summed E-state index contributed by atoms with van der Waals surface area (Å²) in [6, 6.07) is 18.9. The standard InChI is InChI=1S/C28H31N3OS/c1-21-12-14-23(15-13-21)26-19-31-25(20-33-28(31)29-26)16-17-30(18-22-8-4-2-5-9-22)27(32)24-10-6-3-7-11-24/h2,4-5,8-9,12-15,19-20,24H,3,6-7,10-11,16-18H2,1H3. The fourth-order valence-corrected chi connectivity index (χ4v) is 5.71. The average molecular weight is 458 g/mol. The Bertz CT molecular complexity index is 1200. The van der Waals surface area contributed by atoms with E-state index in [0.29, 0.717) is 12.5 Å². The predicted molar refractivity (Wildman–Crippen MR) is 135 cm³/mol. The van der Waals surface area contributed by atoms with Crippen LogP contribution in [-0.4, -0.2) is 26.7 Å². The first-order valence-electron chi connectivity index (χ1n) is 12.0. The SMILES string of the molecule is Cc1ccc(-c2cn3c(CCN(Cc4ccccc4)C(=O)C4CCCCC4)csc3n2)cc1. The van der Waals surface area contributed by atoms with Gasteiger partial charge in [-0.25, -0.2) is 4.98 Å². The van der Waals surface area contributed by atoms with Crippen molar-refractivity contribution in [2.75, 3.05) is 6.54 Å². The molecule has 2 aromatic carbocycles. The van der Waals surface area contributed by atoms with Gasteiger partial charge in [0.15, 0.2) is 4.96 Å². The molecule has 4 aromatic rings. The zero-order valence-corrected chi connectivity index (χ0v) is 20.1. The monoisotopic (exact) mass is 457 g/mol. The highest BCUT2D eigenvalue weighted by atomic mass is 32.1. The highest BCUT2D eigenvalue weighted by Crippen LogP contribution is 2.27. The quantitative estimate of drug-likeness (QED) is 0.317. The summed E-state index contributed by atoms with van der Waals surface area (Å²) in [5.41, 5.74) is 5.81. The van der Waals surface area contributed by atoms with Crippen LogP contribution in [0.4, 0.5) is 0 Å². The topological polar surface area (TPSA) is 37.6 Å². The van der Waals surface area contributed by atoms with Crippen LogP contribution in [0.15, 0.2) is 66.2 Å². The van der Waals surface area contributed by atoms with Gasteiger partial charge in [0.25, 0.3) is 0 Å². The normalized spacial score (nSPS) is 14.6. The van der Waals surface area contributed by atoms with Gasteiger partial charge in [0.2, 0.25) is 5.91 Å². The number of rotatable bonds is 7. The van der Waals surface area contributed by atoms with Gasteiger partial charge in [-0.1, -0.05) is 79.4 Å². The molecule has 1 saturated carbocycles. The summed E-state index contributed by atoms with van der Waals surface area (Å²) in [7, 11) is 0. The minimum absolute atomic E-state index is 0.186. The number of nitrogens with zero attached hydrogens (tertiary/aromatic N) is 3. The molecule has 5 heteroatoms. The summed E-state index contributed by atoms with van der Waals surface area (Å²) in [4.78, 5) is 21.4. The first kappa shape index (κ1) is 21.9. The van der Waals surface area contributed by atoms with E-state index in [4.69, 9.17) is 4.98 Å². The van der Waals surface area contributed by atoms with Gasteiger partial charge in [-0.15, -0.1) is 11.3 Å². The van der Waals surface area contributed by atoms with Crippen LogP contribution in [0.2, 0.25) is 0 Å². The van der Waals surface area contributed by atoms with E-state index in [1.54, 1.807) is 11.3 Å². The second-order valence-corrected chi connectivity index (χ2v) is 10.0. The van der Waals surface area contributed by atoms with Gasteiger partial charge >= 0.3 is 0 Å². The summed E-state index contributed by atoms with van der Waals surface area (Å²) in [5.74, 6) is 0.516. The van der Waals surface area contributed by atoms with E-state index >= 15 is 0 Å². The van der Waals surface area contributed by atoms with Crippen molar-refractivity contribution in [3.8, 4) is 11.3 Å². The molecule has 1 aliphatic rings. The molecule has 2 heterocycles. The molecule has 0 bridgehead atoms. The predicted octanol–water partition coefficient (Wildman–Crippen LogP) is 6.52. The van der Waals surface area contributed by atoms with Gasteiger partial charge in [-0.3, -0.25) is 9.20 Å². The fourth-order valence-electron chi connectivity index (χ4n) is 4.80. The smallest absolute Gasteiger partial charge is 0.225 e. The molecule has 5 rings (SSSR count). The Balaban J connectivity index is 1.34. The Labute approximate surface area is 199 Å². The van der Waals surface area contributed by atoms with E-state index in [2.05, 4.69) is 76.3 Å². The summed E-state index contributed by atoms with van der Waals surface area (Å²) in [6.45, 7) is 3.51. The van der Waals surface area contributed by atoms with Crippen LogP contribution in [0.5, 0.6) is 0 Å². The molecule has 0 unspecified atom stereocenters. The van der Waals surface area contributed by atoms with E-state index in [1.807, 2.05) is 6.07 Å². The molecule has 2 aromatic heterocycles. The lowest BCUT2D eigenvalue weighted by molar-refractivity contribution is -0.137. The summed E-state index contributed by atoms with van der Waals surface area (Å²) < 4.78 is 2.20. The van der Waals surface area contributed by atoms with Gasteiger partial charge in [0.05, 0.1) is 5.69 Å². The number of aromatic nitrogens is 2. The molecule has 0 aliphatic heterocycles. The summed E-state index contributed by atoms with van der Waals surface area (Å²) in [5, 5.41) is 2.19. The number of hydrogen-bond acceptors (Lipinski definition) is 3. The Hall–Kier alpha value is -2.92. The molecular weight excluding hydrogens is 426 g/mol. The van der Waals surface area contributed by atoms with Crippen LogP contribution in [0.25, 0.3) is 16.2 Å². The fraction of sp³-hybridized carbons (Fsp3) is 0.357. The Morgan fingerprint density at radius 3 is 2.58 bits per heavy atom. The van der Waals surface area contributed by atoms with Gasteiger partial charge in [0, 0.05) is 48.3 Å². The summed E-state index contributed by atoms with van der Waals surface area (Å²) in [6.07, 6.45) is 8.65. The van der Waals surface area contributed by atoms with Crippen LogP contribution >= 0.6 is 11.3 Å². The van der Waals surface area contributed by atoms with Crippen molar-refractivity contribution in [1.82, 2.24) is 14.3 Å². The van der Waals surface area contributed by atoms with Gasteiger partial charge in [-0.05, 0) is 25.3 Å². The molecule has 0 N–H and O–H groups in total. The number of fused-ring (bicyclic) bond motifs is 1. The third-order valence-corrected chi connectivity index (χ3v) is 7.64. The largest absolute Gasteiger partial charge is 0.338 e. The Kier molecular flexibility index (Phi) is 6.58. The van der Waals surface area contributed by atoms with E-state index in [-0.39, 0.29) is 5.92 Å². The molecule has 0 saturated heterocycles. The molecule has 170 valence electrons. The van der Waals surface area contributed by atoms with Crippen molar-refractivity contribution >= 4 is 22.2 Å². The minimum atomic E-state index is 0.186. The number of aryl methyl sites for hydroxylation is 1. The van der Waals surface area contributed by atoms with Crippen LogP contribution in [0.3, 0.4) is 0 Å². The number of benzene rings is 2. The van der Waals surface area contributed by atoms with Crippen molar-refractivity contribution in [3.63, 3.8) is 0 Å². The van der Waals surface area contributed by atoms with E-state index < -0.39 is 0 Å². The average Bonchev–Trinajstić information content (AvgIpc) is 3.44. The van der Waals surface area contributed by atoms with E-state index in [1.165, 1.54) is 36.1 Å². The summed E-state index contributed by atoms with van der Waals surface area (Å²) >= 11 is 1.67. The number of thiazole rings is 1. The molecular formula is C28H31N3OS. The second kappa shape index (κ2) is 9.92. The van der Waals surface area contributed by atoms with Crippen LogP contribution in [0, 0.1) is 12.8 Å². The third kappa shape index (κ3) is 5.03. The lowest BCUT2D eigenvalue weighted by Gasteiger charge is -2.29. The number of imidazole rings is 1. The van der Waals surface area contributed by atoms with Crippen molar-refractivity contribution in [2.24, 2.45) is 5.92 Å². The van der Waals surface area contributed by atoms with Crippen molar-refractivity contribution in [3.05, 3.63) is 83.0 Å². The molecule has 0 spiro atoms. The van der Waals surface area contributed by atoms with Gasteiger partial charge in [0.1, 0.15) is 0 Å². The van der Waals surface area contributed by atoms with Crippen LogP contribution in [0.1, 0.15) is 48.9 Å². The maximum absolute atomic E-state index is 13.5. The maximum atomic E-state index is 13.5. The molecule has 0 radical (unpaired) electrons. The van der Waals surface area contributed by atoms with Crippen molar-refractivity contribution < 1.29 is 4.79 Å². The molecule has 1 amide bonds. The first-order chi connectivity index (χ1) is 16.2.